The number of nitrogens with one attached hydrogen (secondary N) is 2. The number of carbonyl (C=O) groups excluding carboxylic acids is 2. The van der Waals surface area contributed by atoms with E-state index in [0.717, 1.165) is 6.07 Å². The highest BCUT2D eigenvalue weighted by molar-refractivity contribution is 7.89. The van der Waals surface area contributed by atoms with Gasteiger partial charge >= 0.3 is 0 Å². The Balaban J connectivity index is 1.90. The van der Waals surface area contributed by atoms with Crippen LogP contribution in [0.15, 0.2) is 47.4 Å². The summed E-state index contributed by atoms with van der Waals surface area (Å²) in [7, 11) is -3.80. The lowest BCUT2D eigenvalue weighted by Gasteiger charge is -2.08. The first kappa shape index (κ1) is 20.0. The number of benzene rings is 2. The van der Waals surface area contributed by atoms with E-state index in [1.807, 2.05) is 0 Å². The third kappa shape index (κ3) is 5.35. The summed E-state index contributed by atoms with van der Waals surface area (Å²) in [6.45, 7) is 1.26. The number of halogens is 2. The molecule has 0 atom stereocenters. The van der Waals surface area contributed by atoms with Crippen molar-refractivity contribution in [1.82, 2.24) is 4.72 Å². The van der Waals surface area contributed by atoms with Gasteiger partial charge in [0.1, 0.15) is 5.82 Å². The maximum atomic E-state index is 13.1. The van der Waals surface area contributed by atoms with Crippen LogP contribution in [0, 0.1) is 5.82 Å². The van der Waals surface area contributed by atoms with Gasteiger partial charge in [0, 0.05) is 24.2 Å². The minimum atomic E-state index is -3.80. The van der Waals surface area contributed by atoms with Gasteiger partial charge in [-0.1, -0.05) is 23.7 Å². The highest BCUT2D eigenvalue weighted by Crippen LogP contribution is 2.19. The molecule has 6 nitrogen and oxygen atoms in total. The number of ketones is 1. The van der Waals surface area contributed by atoms with Crippen LogP contribution in [0.5, 0.6) is 0 Å². The molecule has 0 aromatic heterocycles. The molecule has 1 amide bonds. The van der Waals surface area contributed by atoms with Crippen LogP contribution in [0.3, 0.4) is 0 Å². The van der Waals surface area contributed by atoms with Gasteiger partial charge < -0.3 is 5.32 Å². The molecule has 2 aromatic carbocycles. The number of anilines is 1. The van der Waals surface area contributed by atoms with Crippen LogP contribution < -0.4 is 10.0 Å². The summed E-state index contributed by atoms with van der Waals surface area (Å²) in [5.74, 6) is -1.23. The van der Waals surface area contributed by atoms with E-state index in [4.69, 9.17) is 11.6 Å². The number of hydrogen-bond donors (Lipinski definition) is 2. The first-order chi connectivity index (χ1) is 12.2. The number of amides is 1. The lowest BCUT2D eigenvalue weighted by atomic mass is 10.2. The van der Waals surface area contributed by atoms with Crippen molar-refractivity contribution in [2.24, 2.45) is 0 Å². The first-order valence-electron chi connectivity index (χ1n) is 7.54. The van der Waals surface area contributed by atoms with Gasteiger partial charge in [-0.25, -0.2) is 17.5 Å². The van der Waals surface area contributed by atoms with Crippen molar-refractivity contribution in [3.63, 3.8) is 0 Å². The van der Waals surface area contributed by atoms with Crippen LogP contribution in [0.1, 0.15) is 23.7 Å². The molecule has 0 aliphatic carbocycles. The largest absolute Gasteiger partial charge is 0.326 e. The zero-order chi connectivity index (χ0) is 19.3. The molecule has 138 valence electrons. The molecule has 0 radical (unpaired) electrons. The first-order valence-corrected chi connectivity index (χ1v) is 9.41. The number of Topliss-reactive ketones (excluding diaryl/α,β-unsaturated/α-hetero) is 1. The fourth-order valence-corrected chi connectivity index (χ4v) is 3.26. The van der Waals surface area contributed by atoms with Gasteiger partial charge in [0.25, 0.3) is 0 Å². The molecule has 0 aliphatic heterocycles. The second kappa shape index (κ2) is 8.39. The van der Waals surface area contributed by atoms with Crippen molar-refractivity contribution in [2.45, 2.75) is 18.2 Å². The Morgan fingerprint density at radius 3 is 2.35 bits per heavy atom. The molecule has 0 fully saturated rings. The molecule has 2 rings (SSSR count). The topological polar surface area (TPSA) is 92.3 Å². The normalized spacial score (nSPS) is 11.2. The van der Waals surface area contributed by atoms with Gasteiger partial charge in [0.15, 0.2) is 5.78 Å². The number of carbonyl (C=O) groups is 2. The summed E-state index contributed by atoms with van der Waals surface area (Å²) in [6.07, 6.45) is -0.125. The Morgan fingerprint density at radius 1 is 1.12 bits per heavy atom. The van der Waals surface area contributed by atoms with Crippen LogP contribution in [0.4, 0.5) is 10.1 Å². The van der Waals surface area contributed by atoms with Gasteiger partial charge in [-0.05, 0) is 37.3 Å². The molecule has 0 bridgehead atoms. The molecule has 0 unspecified atom stereocenters. The van der Waals surface area contributed by atoms with Crippen molar-refractivity contribution in [1.29, 1.82) is 0 Å². The molecule has 26 heavy (non-hydrogen) atoms. The Bertz CT molecular complexity index is 930. The van der Waals surface area contributed by atoms with Crippen molar-refractivity contribution >= 4 is 39.0 Å². The van der Waals surface area contributed by atoms with E-state index in [-0.39, 0.29) is 28.7 Å². The lowest BCUT2D eigenvalue weighted by molar-refractivity contribution is -0.116. The Labute approximate surface area is 155 Å². The Hall–Kier alpha value is -2.29. The van der Waals surface area contributed by atoms with Crippen LogP contribution >= 0.6 is 11.6 Å². The summed E-state index contributed by atoms with van der Waals surface area (Å²) in [6, 6.07) is 9.20. The molecule has 0 heterocycles. The summed E-state index contributed by atoms with van der Waals surface area (Å²) in [4.78, 5) is 23.0. The minimum Gasteiger partial charge on any atom is -0.326 e. The predicted octanol–water partition coefficient (Wildman–Crippen LogP) is 2.99. The number of sulfonamides is 1. The molecule has 2 aromatic rings. The maximum absolute atomic E-state index is 13.1. The van der Waals surface area contributed by atoms with Crippen LogP contribution in [-0.2, 0) is 14.8 Å². The SMILES string of the molecule is CC(=O)c1ccc(S(=O)(=O)NCCC(=O)Nc2ccc(F)c(Cl)c2)cc1. The zero-order valence-corrected chi connectivity index (χ0v) is 15.3. The summed E-state index contributed by atoms with van der Waals surface area (Å²) in [5, 5.41) is 2.37. The molecular weight excluding hydrogens is 383 g/mol. The summed E-state index contributed by atoms with van der Waals surface area (Å²) in [5.41, 5.74) is 0.713. The van der Waals surface area contributed by atoms with Gasteiger partial charge in [-0.3, -0.25) is 9.59 Å². The highest BCUT2D eigenvalue weighted by Gasteiger charge is 2.15. The van der Waals surface area contributed by atoms with Gasteiger partial charge in [-0.15, -0.1) is 0 Å². The Morgan fingerprint density at radius 2 is 1.77 bits per heavy atom. The molecule has 9 heteroatoms. The van der Waals surface area contributed by atoms with Gasteiger partial charge in [-0.2, -0.15) is 0 Å². The average Bonchev–Trinajstić information content (AvgIpc) is 2.58. The van der Waals surface area contributed by atoms with E-state index in [2.05, 4.69) is 10.0 Å². The van der Waals surface area contributed by atoms with Crippen LogP contribution in [-0.4, -0.2) is 26.7 Å². The van der Waals surface area contributed by atoms with E-state index in [9.17, 15) is 22.4 Å². The third-order valence-electron chi connectivity index (χ3n) is 3.42. The Kier molecular flexibility index (Phi) is 6.47. The zero-order valence-electron chi connectivity index (χ0n) is 13.8. The van der Waals surface area contributed by atoms with Gasteiger partial charge in [0.05, 0.1) is 9.92 Å². The smallest absolute Gasteiger partial charge is 0.240 e. The number of hydrogen-bond acceptors (Lipinski definition) is 4. The lowest BCUT2D eigenvalue weighted by Crippen LogP contribution is -2.27. The monoisotopic (exact) mass is 398 g/mol. The second-order valence-corrected chi connectivity index (χ2v) is 7.58. The molecule has 0 saturated heterocycles. The summed E-state index contributed by atoms with van der Waals surface area (Å²) >= 11 is 5.62. The number of rotatable bonds is 7. The van der Waals surface area contributed by atoms with E-state index in [0.29, 0.717) is 11.3 Å². The maximum Gasteiger partial charge on any atom is 0.240 e. The highest BCUT2D eigenvalue weighted by atomic mass is 35.5. The summed E-state index contributed by atoms with van der Waals surface area (Å²) < 4.78 is 39.7. The van der Waals surface area contributed by atoms with E-state index >= 15 is 0 Å². The fourth-order valence-electron chi connectivity index (χ4n) is 2.05. The molecule has 0 spiro atoms. The molecular formula is C17H16ClFN2O4S. The van der Waals surface area contributed by atoms with Crippen molar-refractivity contribution in [2.75, 3.05) is 11.9 Å². The van der Waals surface area contributed by atoms with Crippen molar-refractivity contribution in [3.05, 3.63) is 58.9 Å². The molecule has 0 saturated carbocycles. The minimum absolute atomic E-state index is 0.00627. The predicted molar refractivity (Wildman–Crippen MR) is 96.3 cm³/mol. The quantitative estimate of drug-likeness (QED) is 0.701. The van der Waals surface area contributed by atoms with Crippen LogP contribution in [0.2, 0.25) is 5.02 Å². The molecule has 0 aliphatic rings. The average molecular weight is 399 g/mol. The van der Waals surface area contributed by atoms with Crippen molar-refractivity contribution in [3.8, 4) is 0 Å². The van der Waals surface area contributed by atoms with Crippen molar-refractivity contribution < 1.29 is 22.4 Å². The standard InChI is InChI=1S/C17H16ClFN2O4S/c1-11(22)12-2-5-14(6-3-12)26(24,25)20-9-8-17(23)21-13-4-7-16(19)15(18)10-13/h2-7,10,20H,8-9H2,1H3,(H,21,23). The fraction of sp³-hybridized carbons (Fsp3) is 0.176. The van der Waals surface area contributed by atoms with E-state index in [1.54, 1.807) is 0 Å². The molecule has 2 N–H and O–H groups in total. The van der Waals surface area contributed by atoms with E-state index in [1.165, 1.54) is 43.3 Å². The second-order valence-electron chi connectivity index (χ2n) is 5.41. The van der Waals surface area contributed by atoms with Crippen LogP contribution in [0.25, 0.3) is 0 Å². The van der Waals surface area contributed by atoms with Gasteiger partial charge in [0.2, 0.25) is 15.9 Å². The third-order valence-corrected chi connectivity index (χ3v) is 5.19. The van der Waals surface area contributed by atoms with E-state index < -0.39 is 21.7 Å².